The van der Waals surface area contributed by atoms with Crippen molar-refractivity contribution in [3.8, 4) is 0 Å². The van der Waals surface area contributed by atoms with E-state index < -0.39 is 21.7 Å². The van der Waals surface area contributed by atoms with Crippen molar-refractivity contribution in [1.82, 2.24) is 4.72 Å². The van der Waals surface area contributed by atoms with Gasteiger partial charge in [-0.3, -0.25) is 4.79 Å². The molecule has 1 aromatic rings. The number of hydrogen-bond donors (Lipinski definition) is 2. The molecule has 18 heavy (non-hydrogen) atoms. The van der Waals surface area contributed by atoms with Crippen molar-refractivity contribution in [3.05, 3.63) is 34.9 Å². The predicted octanol–water partition coefficient (Wildman–Crippen LogP) is 1.20. The minimum absolute atomic E-state index is 0.189. The second-order valence-electron chi connectivity index (χ2n) is 4.21. The van der Waals surface area contributed by atoms with Gasteiger partial charge in [-0.2, -0.15) is 0 Å². The molecule has 1 rings (SSSR count). The van der Waals surface area contributed by atoms with E-state index in [1.807, 2.05) is 32.0 Å². The Bertz CT molecular complexity index is 537. The highest BCUT2D eigenvalue weighted by atomic mass is 32.2. The minimum atomic E-state index is -3.53. The van der Waals surface area contributed by atoms with Gasteiger partial charge in [-0.1, -0.05) is 23.8 Å². The van der Waals surface area contributed by atoms with E-state index in [9.17, 15) is 13.2 Å². The van der Waals surface area contributed by atoms with Gasteiger partial charge in [-0.05, 0) is 25.0 Å². The molecule has 0 fully saturated rings. The van der Waals surface area contributed by atoms with Crippen LogP contribution in [0.5, 0.6) is 0 Å². The summed E-state index contributed by atoms with van der Waals surface area (Å²) in [7, 11) is -3.53. The average Bonchev–Trinajstić information content (AvgIpc) is 2.25. The fourth-order valence-corrected chi connectivity index (χ4v) is 2.49. The predicted molar refractivity (Wildman–Crippen MR) is 68.8 cm³/mol. The van der Waals surface area contributed by atoms with Crippen LogP contribution in [0, 0.1) is 13.8 Å². The SMILES string of the molecule is Cc1ccc(CNS(=O)(=O)CCC(=O)O)c(C)c1. The molecule has 5 nitrogen and oxygen atoms in total. The smallest absolute Gasteiger partial charge is 0.304 e. The number of carboxylic acid groups (broad SMARTS) is 1. The van der Waals surface area contributed by atoms with E-state index in [0.717, 1.165) is 16.7 Å². The molecule has 0 aliphatic heterocycles. The van der Waals surface area contributed by atoms with Gasteiger partial charge in [0.1, 0.15) is 0 Å². The molecule has 100 valence electrons. The number of aryl methyl sites for hydroxylation is 2. The van der Waals surface area contributed by atoms with Gasteiger partial charge >= 0.3 is 5.97 Å². The summed E-state index contributed by atoms with van der Waals surface area (Å²) in [6, 6.07) is 5.75. The Morgan fingerprint density at radius 1 is 1.33 bits per heavy atom. The average molecular weight is 271 g/mol. The van der Waals surface area contributed by atoms with E-state index in [1.165, 1.54) is 0 Å². The molecule has 0 bridgehead atoms. The van der Waals surface area contributed by atoms with E-state index in [0.29, 0.717) is 0 Å². The summed E-state index contributed by atoms with van der Waals surface area (Å²) < 4.78 is 25.4. The molecule has 0 aromatic heterocycles. The Hall–Kier alpha value is -1.40. The van der Waals surface area contributed by atoms with Crippen LogP contribution in [0.3, 0.4) is 0 Å². The van der Waals surface area contributed by atoms with Gasteiger partial charge < -0.3 is 5.11 Å². The Kier molecular flexibility index (Phi) is 4.86. The Labute approximate surface area is 107 Å². The van der Waals surface area contributed by atoms with Crippen molar-refractivity contribution in [3.63, 3.8) is 0 Å². The van der Waals surface area contributed by atoms with Gasteiger partial charge in [0.05, 0.1) is 12.2 Å². The zero-order valence-corrected chi connectivity index (χ0v) is 11.3. The van der Waals surface area contributed by atoms with Crippen molar-refractivity contribution in [2.45, 2.75) is 26.8 Å². The number of benzene rings is 1. The number of carbonyl (C=O) groups is 1. The first kappa shape index (κ1) is 14.7. The zero-order chi connectivity index (χ0) is 13.8. The molecular formula is C12H17NO4S. The lowest BCUT2D eigenvalue weighted by atomic mass is 10.1. The fourth-order valence-electron chi connectivity index (χ4n) is 1.53. The Morgan fingerprint density at radius 2 is 2.00 bits per heavy atom. The highest BCUT2D eigenvalue weighted by Crippen LogP contribution is 2.10. The van der Waals surface area contributed by atoms with Gasteiger partial charge in [-0.25, -0.2) is 13.1 Å². The van der Waals surface area contributed by atoms with Crippen LogP contribution in [-0.2, 0) is 21.4 Å². The third kappa shape index (κ3) is 4.85. The maximum atomic E-state index is 11.5. The van der Waals surface area contributed by atoms with E-state index in [4.69, 9.17) is 5.11 Å². The van der Waals surface area contributed by atoms with Crippen molar-refractivity contribution < 1.29 is 18.3 Å². The summed E-state index contributed by atoms with van der Waals surface area (Å²) >= 11 is 0. The van der Waals surface area contributed by atoms with E-state index in [1.54, 1.807) is 0 Å². The minimum Gasteiger partial charge on any atom is -0.481 e. The van der Waals surface area contributed by atoms with E-state index >= 15 is 0 Å². The molecule has 2 N–H and O–H groups in total. The highest BCUT2D eigenvalue weighted by molar-refractivity contribution is 7.89. The first-order valence-electron chi connectivity index (χ1n) is 5.55. The van der Waals surface area contributed by atoms with Crippen LogP contribution < -0.4 is 4.72 Å². The van der Waals surface area contributed by atoms with Gasteiger partial charge in [-0.15, -0.1) is 0 Å². The summed E-state index contributed by atoms with van der Waals surface area (Å²) in [5.41, 5.74) is 3.01. The van der Waals surface area contributed by atoms with Gasteiger partial charge in [0.15, 0.2) is 0 Å². The molecule has 0 aliphatic rings. The van der Waals surface area contributed by atoms with Gasteiger partial charge in [0.2, 0.25) is 10.0 Å². The number of aliphatic carboxylic acids is 1. The molecular weight excluding hydrogens is 254 g/mol. The van der Waals surface area contributed by atoms with Gasteiger partial charge in [0, 0.05) is 6.54 Å². The molecule has 0 spiro atoms. The second kappa shape index (κ2) is 5.97. The first-order chi connectivity index (χ1) is 8.30. The van der Waals surface area contributed by atoms with Crippen LogP contribution in [0.2, 0.25) is 0 Å². The highest BCUT2D eigenvalue weighted by Gasteiger charge is 2.12. The summed E-state index contributed by atoms with van der Waals surface area (Å²) in [5, 5.41) is 8.44. The van der Waals surface area contributed by atoms with Gasteiger partial charge in [0.25, 0.3) is 0 Å². The quantitative estimate of drug-likeness (QED) is 0.814. The van der Waals surface area contributed by atoms with Crippen molar-refractivity contribution in [1.29, 1.82) is 0 Å². The maximum Gasteiger partial charge on any atom is 0.304 e. The first-order valence-corrected chi connectivity index (χ1v) is 7.20. The standard InChI is InChI=1S/C12H17NO4S/c1-9-3-4-11(10(2)7-9)8-13-18(16,17)6-5-12(14)15/h3-4,7,13H,5-6,8H2,1-2H3,(H,14,15). The van der Waals surface area contributed by atoms with E-state index in [-0.39, 0.29) is 13.0 Å². The number of rotatable bonds is 6. The fraction of sp³-hybridized carbons (Fsp3) is 0.417. The molecule has 0 atom stereocenters. The van der Waals surface area contributed by atoms with Crippen molar-refractivity contribution >= 4 is 16.0 Å². The summed E-state index contributed by atoms with van der Waals surface area (Å²) in [5.74, 6) is -1.51. The Morgan fingerprint density at radius 3 is 2.56 bits per heavy atom. The summed E-state index contributed by atoms with van der Waals surface area (Å²) in [6.07, 6.45) is -0.387. The number of carboxylic acids is 1. The normalized spacial score (nSPS) is 11.4. The van der Waals surface area contributed by atoms with Crippen LogP contribution in [-0.4, -0.2) is 25.2 Å². The molecule has 0 radical (unpaired) electrons. The number of sulfonamides is 1. The molecule has 0 saturated heterocycles. The molecule has 6 heteroatoms. The molecule has 0 heterocycles. The molecule has 1 aromatic carbocycles. The largest absolute Gasteiger partial charge is 0.481 e. The summed E-state index contributed by atoms with van der Waals surface area (Å²) in [6.45, 7) is 4.07. The van der Waals surface area contributed by atoms with Crippen LogP contribution in [0.15, 0.2) is 18.2 Å². The molecule has 0 unspecified atom stereocenters. The van der Waals surface area contributed by atoms with Crippen molar-refractivity contribution in [2.24, 2.45) is 0 Å². The number of nitrogens with one attached hydrogen (secondary N) is 1. The third-order valence-corrected chi connectivity index (χ3v) is 3.89. The monoisotopic (exact) mass is 271 g/mol. The maximum absolute atomic E-state index is 11.5. The van der Waals surface area contributed by atoms with Crippen molar-refractivity contribution in [2.75, 3.05) is 5.75 Å². The molecule has 0 saturated carbocycles. The number of hydrogen-bond acceptors (Lipinski definition) is 3. The zero-order valence-electron chi connectivity index (χ0n) is 10.4. The van der Waals surface area contributed by atoms with E-state index in [2.05, 4.69) is 4.72 Å². The van der Waals surface area contributed by atoms with Crippen LogP contribution in [0.25, 0.3) is 0 Å². The second-order valence-corrected chi connectivity index (χ2v) is 6.14. The molecule has 0 amide bonds. The lowest BCUT2D eigenvalue weighted by molar-refractivity contribution is -0.136. The topological polar surface area (TPSA) is 83.5 Å². The third-order valence-electron chi connectivity index (χ3n) is 2.57. The lowest BCUT2D eigenvalue weighted by Gasteiger charge is -2.09. The van der Waals surface area contributed by atoms with Crippen LogP contribution >= 0.6 is 0 Å². The van der Waals surface area contributed by atoms with Crippen LogP contribution in [0.4, 0.5) is 0 Å². The molecule has 0 aliphatic carbocycles. The van der Waals surface area contributed by atoms with Crippen LogP contribution in [0.1, 0.15) is 23.1 Å². The lowest BCUT2D eigenvalue weighted by Crippen LogP contribution is -2.27. The Balaban J connectivity index is 2.61. The summed E-state index contributed by atoms with van der Waals surface area (Å²) in [4.78, 5) is 10.3.